The fraction of sp³-hybridized carbons (Fsp3) is 0.200. The number of hydrogen-bond acceptors (Lipinski definition) is 5. The summed E-state index contributed by atoms with van der Waals surface area (Å²) in [5.74, 6) is 0.544. The molecule has 0 spiro atoms. The Morgan fingerprint density at radius 3 is 2.58 bits per heavy atom. The molecule has 0 fully saturated rings. The number of aromatic nitrogens is 2. The number of hydrogen-bond donors (Lipinski definition) is 2. The predicted molar refractivity (Wildman–Crippen MR) is 119 cm³/mol. The third-order valence-electron chi connectivity index (χ3n) is 5.56. The van der Waals surface area contributed by atoms with Gasteiger partial charge in [-0.05, 0) is 17.7 Å². The van der Waals surface area contributed by atoms with Crippen LogP contribution in [0, 0.1) is 0 Å². The van der Waals surface area contributed by atoms with Crippen molar-refractivity contribution < 1.29 is 14.6 Å². The van der Waals surface area contributed by atoms with Crippen LogP contribution < -0.4 is 10.1 Å². The average Bonchev–Trinajstić information content (AvgIpc) is 3.19. The molecule has 0 radical (unpaired) electrons. The third-order valence-corrected chi connectivity index (χ3v) is 5.56. The monoisotopic (exact) mass is 413 g/mol. The van der Waals surface area contributed by atoms with Crippen molar-refractivity contribution in [2.24, 2.45) is 0 Å². The molecule has 2 N–H and O–H groups in total. The van der Waals surface area contributed by atoms with Gasteiger partial charge in [-0.15, -0.1) is 0 Å². The normalized spacial score (nSPS) is 12.2. The zero-order chi connectivity index (χ0) is 21.2. The highest BCUT2D eigenvalue weighted by atomic mass is 16.5. The van der Waals surface area contributed by atoms with Gasteiger partial charge in [0.15, 0.2) is 5.78 Å². The van der Waals surface area contributed by atoms with E-state index in [-0.39, 0.29) is 12.4 Å². The van der Waals surface area contributed by atoms with E-state index < -0.39 is 0 Å². The number of nitrogens with one attached hydrogen (secondary N) is 1. The molecule has 5 rings (SSSR count). The first-order valence-corrected chi connectivity index (χ1v) is 10.4. The van der Waals surface area contributed by atoms with Gasteiger partial charge in [0.2, 0.25) is 0 Å². The van der Waals surface area contributed by atoms with E-state index in [9.17, 15) is 4.79 Å². The summed E-state index contributed by atoms with van der Waals surface area (Å²) in [5, 5.41) is 17.9. The van der Waals surface area contributed by atoms with Gasteiger partial charge < -0.3 is 15.2 Å². The van der Waals surface area contributed by atoms with Gasteiger partial charge in [-0.3, -0.25) is 9.48 Å². The van der Waals surface area contributed by atoms with Crippen molar-refractivity contribution in [3.8, 4) is 17.0 Å². The molecule has 1 aliphatic rings. The maximum Gasteiger partial charge on any atom is 0.198 e. The standard InChI is InChI=1S/C25H23N3O3/c29-15-13-26-12-14-28-20-10-4-9-19-22(20)24(27-28)18-8-5-11-21(23(18)25(19)30)31-16-17-6-2-1-3-7-17/h1-11,26,29H,12-16H2. The number of fused-ring (bicyclic) bond motifs is 2. The number of rotatable bonds is 8. The van der Waals surface area contributed by atoms with Crippen molar-refractivity contribution in [2.45, 2.75) is 13.2 Å². The maximum absolute atomic E-state index is 13.5. The lowest BCUT2D eigenvalue weighted by Crippen LogP contribution is -2.23. The van der Waals surface area contributed by atoms with Crippen LogP contribution in [-0.2, 0) is 13.2 Å². The molecule has 1 aliphatic carbocycles. The summed E-state index contributed by atoms with van der Waals surface area (Å²) in [4.78, 5) is 13.5. The maximum atomic E-state index is 13.5. The van der Waals surface area contributed by atoms with Crippen LogP contribution >= 0.6 is 0 Å². The minimum Gasteiger partial charge on any atom is -0.488 e. The Morgan fingerprint density at radius 1 is 0.935 bits per heavy atom. The van der Waals surface area contributed by atoms with Gasteiger partial charge in [0.1, 0.15) is 18.1 Å². The van der Waals surface area contributed by atoms with Crippen LogP contribution in [0.1, 0.15) is 21.5 Å². The summed E-state index contributed by atoms with van der Waals surface area (Å²) in [7, 11) is 0. The minimum absolute atomic E-state index is 0.0327. The summed E-state index contributed by atoms with van der Waals surface area (Å²) in [6.07, 6.45) is 0. The molecule has 1 heterocycles. The van der Waals surface area contributed by atoms with Gasteiger partial charge in [0, 0.05) is 29.6 Å². The van der Waals surface area contributed by atoms with E-state index in [2.05, 4.69) is 5.32 Å². The van der Waals surface area contributed by atoms with Crippen molar-refractivity contribution in [3.05, 3.63) is 83.4 Å². The average molecular weight is 413 g/mol. The van der Waals surface area contributed by atoms with Gasteiger partial charge in [0.25, 0.3) is 0 Å². The van der Waals surface area contributed by atoms with Crippen LogP contribution in [0.15, 0.2) is 66.7 Å². The van der Waals surface area contributed by atoms with E-state index in [0.29, 0.717) is 43.1 Å². The Kier molecular flexibility index (Phi) is 5.24. The largest absolute Gasteiger partial charge is 0.488 e. The molecule has 6 heteroatoms. The van der Waals surface area contributed by atoms with Gasteiger partial charge in [0.05, 0.1) is 24.2 Å². The second kappa shape index (κ2) is 8.34. The van der Waals surface area contributed by atoms with Crippen molar-refractivity contribution in [3.63, 3.8) is 0 Å². The quantitative estimate of drug-likeness (QED) is 0.381. The molecule has 31 heavy (non-hydrogen) atoms. The van der Waals surface area contributed by atoms with Crippen LogP contribution in [0.3, 0.4) is 0 Å². The van der Waals surface area contributed by atoms with Gasteiger partial charge in [-0.2, -0.15) is 5.10 Å². The second-order valence-corrected chi connectivity index (χ2v) is 7.53. The highest BCUT2D eigenvalue weighted by Gasteiger charge is 2.31. The zero-order valence-corrected chi connectivity index (χ0v) is 17.0. The second-order valence-electron chi connectivity index (χ2n) is 7.53. The Morgan fingerprint density at radius 2 is 1.74 bits per heavy atom. The first kappa shape index (κ1) is 19.5. The third kappa shape index (κ3) is 3.50. The molecule has 3 aromatic carbocycles. The SMILES string of the molecule is O=C1c2c(OCc3ccccc3)cccc2-c2nn(CCNCCO)c3cccc1c23. The molecule has 1 aromatic heterocycles. The van der Waals surface area contributed by atoms with E-state index >= 15 is 0 Å². The number of aliphatic hydroxyl groups excluding tert-OH is 1. The van der Waals surface area contributed by atoms with Gasteiger partial charge >= 0.3 is 0 Å². The zero-order valence-electron chi connectivity index (χ0n) is 17.0. The van der Waals surface area contributed by atoms with E-state index in [4.69, 9.17) is 14.9 Å². The van der Waals surface area contributed by atoms with Crippen LogP contribution in [-0.4, -0.2) is 40.4 Å². The smallest absolute Gasteiger partial charge is 0.198 e. The Labute approximate surface area is 180 Å². The molecule has 6 nitrogen and oxygen atoms in total. The van der Waals surface area contributed by atoms with E-state index in [1.165, 1.54) is 0 Å². The summed E-state index contributed by atoms with van der Waals surface area (Å²) in [6.45, 7) is 2.37. The number of benzene rings is 3. The molecule has 0 atom stereocenters. The molecule has 0 aliphatic heterocycles. The first-order valence-electron chi connectivity index (χ1n) is 10.4. The van der Waals surface area contributed by atoms with Crippen LogP contribution in [0.4, 0.5) is 0 Å². The summed E-state index contributed by atoms with van der Waals surface area (Å²) in [5.41, 5.74) is 4.83. The highest BCUT2D eigenvalue weighted by molar-refractivity contribution is 6.26. The van der Waals surface area contributed by atoms with E-state index in [1.807, 2.05) is 71.4 Å². The number of ether oxygens (including phenoxy) is 1. The first-order chi connectivity index (χ1) is 15.3. The Hall–Kier alpha value is -3.48. The molecule has 156 valence electrons. The molecule has 0 unspecified atom stereocenters. The molecule has 0 amide bonds. The number of carbonyl (C=O) groups is 1. The summed E-state index contributed by atoms with van der Waals surface area (Å²) < 4.78 is 8.01. The molecule has 0 saturated carbocycles. The highest BCUT2D eigenvalue weighted by Crippen LogP contribution is 2.42. The lowest BCUT2D eigenvalue weighted by atomic mass is 9.87. The fourth-order valence-electron chi connectivity index (χ4n) is 4.12. The van der Waals surface area contributed by atoms with Crippen LogP contribution in [0.5, 0.6) is 5.75 Å². The van der Waals surface area contributed by atoms with Crippen molar-refractivity contribution in [1.29, 1.82) is 0 Å². The Balaban J connectivity index is 1.54. The van der Waals surface area contributed by atoms with E-state index in [0.717, 1.165) is 27.7 Å². The number of carbonyl (C=O) groups excluding carboxylic acids is 1. The lowest BCUT2D eigenvalue weighted by Gasteiger charge is -2.18. The Bertz CT molecular complexity index is 1250. The fourth-order valence-corrected chi connectivity index (χ4v) is 4.12. The molecular formula is C25H23N3O3. The van der Waals surface area contributed by atoms with Crippen LogP contribution in [0.2, 0.25) is 0 Å². The van der Waals surface area contributed by atoms with E-state index in [1.54, 1.807) is 0 Å². The van der Waals surface area contributed by atoms with Crippen LogP contribution in [0.25, 0.3) is 22.2 Å². The molecular weight excluding hydrogens is 390 g/mol. The van der Waals surface area contributed by atoms with Crippen molar-refractivity contribution in [2.75, 3.05) is 19.7 Å². The van der Waals surface area contributed by atoms with Gasteiger partial charge in [-0.1, -0.05) is 54.6 Å². The summed E-state index contributed by atoms with van der Waals surface area (Å²) >= 11 is 0. The minimum atomic E-state index is -0.0327. The molecule has 0 saturated heterocycles. The van der Waals surface area contributed by atoms with Crippen molar-refractivity contribution in [1.82, 2.24) is 15.1 Å². The summed E-state index contributed by atoms with van der Waals surface area (Å²) in [6, 6.07) is 21.4. The predicted octanol–water partition coefficient (Wildman–Crippen LogP) is 3.41. The number of ketones is 1. The topological polar surface area (TPSA) is 76.4 Å². The molecule has 4 aromatic rings. The molecule has 0 bridgehead atoms. The van der Waals surface area contributed by atoms with Crippen molar-refractivity contribution >= 4 is 16.7 Å². The number of aliphatic hydroxyl groups is 1. The number of nitrogens with zero attached hydrogens (tertiary/aromatic N) is 2. The lowest BCUT2D eigenvalue weighted by molar-refractivity contribution is 0.103. The van der Waals surface area contributed by atoms with Gasteiger partial charge in [-0.25, -0.2) is 0 Å².